The Morgan fingerprint density at radius 1 is 1.67 bits per heavy atom. The summed E-state index contributed by atoms with van der Waals surface area (Å²) in [6.45, 7) is 0.0300. The zero-order valence-corrected chi connectivity index (χ0v) is 8.61. The number of halogens is 1. The van der Waals surface area contributed by atoms with Gasteiger partial charge in [0.1, 0.15) is 6.61 Å². The number of carbonyl (C=O) groups excluding carboxylic acids is 1. The van der Waals surface area contributed by atoms with Crippen molar-refractivity contribution >= 4 is 33.2 Å². The number of rotatable bonds is 3. The summed E-state index contributed by atoms with van der Waals surface area (Å²) in [5, 5.41) is 11.0. The van der Waals surface area contributed by atoms with Crippen molar-refractivity contribution in [3.8, 4) is 0 Å². The molecule has 1 rings (SSSR count). The minimum absolute atomic E-state index is 0.348. The van der Waals surface area contributed by atoms with Crippen molar-refractivity contribution in [2.45, 2.75) is 6.54 Å². The summed E-state index contributed by atoms with van der Waals surface area (Å²) in [6.07, 6.45) is 0. The van der Waals surface area contributed by atoms with Gasteiger partial charge in [-0.1, -0.05) is 0 Å². The Labute approximate surface area is 82.5 Å². The fourth-order valence-electron chi connectivity index (χ4n) is 0.688. The minimum Gasteiger partial charge on any atom is -0.387 e. The normalized spacial score (nSPS) is 9.83. The lowest BCUT2D eigenvalue weighted by molar-refractivity contribution is -0.123. The van der Waals surface area contributed by atoms with Crippen LogP contribution < -0.4 is 5.32 Å². The molecule has 0 fully saturated rings. The highest BCUT2D eigenvalue weighted by atomic mass is 79.9. The third-order valence-electron chi connectivity index (χ3n) is 1.23. The van der Waals surface area contributed by atoms with Crippen LogP contribution in [-0.2, 0) is 11.3 Å². The third kappa shape index (κ3) is 2.92. The van der Waals surface area contributed by atoms with Crippen molar-refractivity contribution in [1.29, 1.82) is 0 Å². The lowest BCUT2D eigenvalue weighted by Crippen LogP contribution is -2.25. The molecule has 0 bridgehead atoms. The average Bonchev–Trinajstić information content (AvgIpc) is 2.47. The molecule has 1 amide bonds. The molecule has 1 heterocycles. The molecule has 0 aliphatic carbocycles. The predicted octanol–water partition coefficient (Wildman–Crippen LogP) is 1.12. The average molecular weight is 250 g/mol. The van der Waals surface area contributed by atoms with Gasteiger partial charge in [0.25, 0.3) is 0 Å². The maximum absolute atomic E-state index is 10.6. The molecule has 0 saturated carbocycles. The van der Waals surface area contributed by atoms with Crippen molar-refractivity contribution in [3.63, 3.8) is 0 Å². The van der Waals surface area contributed by atoms with Crippen molar-refractivity contribution < 1.29 is 9.90 Å². The Morgan fingerprint density at radius 2 is 2.42 bits per heavy atom. The van der Waals surface area contributed by atoms with Crippen molar-refractivity contribution in [2.75, 3.05) is 6.61 Å². The van der Waals surface area contributed by atoms with E-state index in [9.17, 15) is 4.79 Å². The van der Waals surface area contributed by atoms with Gasteiger partial charge in [0.15, 0.2) is 0 Å². The molecule has 1 aromatic rings. The quantitative estimate of drug-likeness (QED) is 0.844. The van der Waals surface area contributed by atoms with Gasteiger partial charge < -0.3 is 10.4 Å². The molecule has 3 nitrogen and oxygen atoms in total. The highest BCUT2D eigenvalue weighted by molar-refractivity contribution is 9.11. The SMILES string of the molecule is O=C(CO)NCc1ccc(Br)s1. The van der Waals surface area contributed by atoms with Crippen LogP contribution in [0.25, 0.3) is 0 Å². The molecule has 0 saturated heterocycles. The molecule has 2 N–H and O–H groups in total. The number of aliphatic hydroxyl groups is 1. The fourth-order valence-corrected chi connectivity index (χ4v) is 2.11. The second-order valence-electron chi connectivity index (χ2n) is 2.14. The highest BCUT2D eigenvalue weighted by Crippen LogP contribution is 2.21. The first kappa shape index (κ1) is 9.70. The number of amides is 1. The summed E-state index contributed by atoms with van der Waals surface area (Å²) in [6, 6.07) is 3.84. The predicted molar refractivity (Wildman–Crippen MR) is 51.0 cm³/mol. The number of aliphatic hydroxyl groups excluding tert-OH is 1. The molecule has 5 heteroatoms. The number of carbonyl (C=O) groups is 1. The van der Waals surface area contributed by atoms with Crippen LogP contribution in [0, 0.1) is 0 Å². The molecule has 0 aromatic carbocycles. The topological polar surface area (TPSA) is 49.3 Å². The van der Waals surface area contributed by atoms with E-state index in [0.29, 0.717) is 6.54 Å². The standard InChI is InChI=1S/C7H8BrNO2S/c8-6-2-1-5(12-6)3-9-7(11)4-10/h1-2,10H,3-4H2,(H,9,11). The molecule has 0 spiro atoms. The second kappa shape index (κ2) is 4.59. The van der Waals surface area contributed by atoms with Gasteiger partial charge in [-0.05, 0) is 28.1 Å². The smallest absolute Gasteiger partial charge is 0.246 e. The molecular weight excluding hydrogens is 242 g/mol. The van der Waals surface area contributed by atoms with Crippen LogP contribution >= 0.6 is 27.3 Å². The Balaban J connectivity index is 2.38. The van der Waals surface area contributed by atoms with Crippen LogP contribution in [0.3, 0.4) is 0 Å². The molecule has 12 heavy (non-hydrogen) atoms. The second-order valence-corrected chi connectivity index (χ2v) is 4.69. The summed E-state index contributed by atoms with van der Waals surface area (Å²) < 4.78 is 1.04. The van der Waals surface area contributed by atoms with Crippen molar-refractivity contribution in [2.24, 2.45) is 0 Å². The zero-order chi connectivity index (χ0) is 8.97. The monoisotopic (exact) mass is 249 g/mol. The van der Waals surface area contributed by atoms with E-state index in [1.54, 1.807) is 11.3 Å². The van der Waals surface area contributed by atoms with E-state index >= 15 is 0 Å². The Bertz CT molecular complexity index is 274. The molecule has 66 valence electrons. The Morgan fingerprint density at radius 3 is 2.92 bits per heavy atom. The van der Waals surface area contributed by atoms with Gasteiger partial charge in [-0.15, -0.1) is 11.3 Å². The largest absolute Gasteiger partial charge is 0.387 e. The van der Waals surface area contributed by atoms with Crippen molar-refractivity contribution in [1.82, 2.24) is 5.32 Å². The molecule has 0 radical (unpaired) electrons. The number of nitrogens with one attached hydrogen (secondary N) is 1. The van der Waals surface area contributed by atoms with Crippen LogP contribution in [0.5, 0.6) is 0 Å². The van der Waals surface area contributed by atoms with E-state index in [0.717, 1.165) is 8.66 Å². The van der Waals surface area contributed by atoms with E-state index in [1.807, 2.05) is 12.1 Å². The van der Waals surface area contributed by atoms with Crippen LogP contribution in [0.2, 0.25) is 0 Å². The van der Waals surface area contributed by atoms with Gasteiger partial charge >= 0.3 is 0 Å². The Kier molecular flexibility index (Phi) is 3.71. The van der Waals surface area contributed by atoms with E-state index in [2.05, 4.69) is 21.2 Å². The van der Waals surface area contributed by atoms with Gasteiger partial charge in [-0.25, -0.2) is 0 Å². The lowest BCUT2D eigenvalue weighted by Gasteiger charge is -1.98. The van der Waals surface area contributed by atoms with Gasteiger partial charge in [0, 0.05) is 4.88 Å². The van der Waals surface area contributed by atoms with Gasteiger partial charge in [-0.3, -0.25) is 4.79 Å². The number of hydrogen-bond acceptors (Lipinski definition) is 3. The first-order chi connectivity index (χ1) is 5.72. The third-order valence-corrected chi connectivity index (χ3v) is 2.86. The van der Waals surface area contributed by atoms with E-state index in [4.69, 9.17) is 5.11 Å². The summed E-state index contributed by atoms with van der Waals surface area (Å²) in [4.78, 5) is 11.7. The number of thiophene rings is 1. The summed E-state index contributed by atoms with van der Waals surface area (Å²) in [5.41, 5.74) is 0. The van der Waals surface area contributed by atoms with Gasteiger partial charge in [0.2, 0.25) is 5.91 Å². The van der Waals surface area contributed by atoms with E-state index in [1.165, 1.54) is 0 Å². The van der Waals surface area contributed by atoms with E-state index in [-0.39, 0.29) is 5.91 Å². The van der Waals surface area contributed by atoms with Gasteiger partial charge in [0.05, 0.1) is 10.3 Å². The first-order valence-electron chi connectivity index (χ1n) is 3.34. The van der Waals surface area contributed by atoms with Crippen LogP contribution in [0.1, 0.15) is 4.88 Å². The zero-order valence-electron chi connectivity index (χ0n) is 6.21. The lowest BCUT2D eigenvalue weighted by atomic mass is 10.4. The van der Waals surface area contributed by atoms with E-state index < -0.39 is 6.61 Å². The molecule has 1 aromatic heterocycles. The highest BCUT2D eigenvalue weighted by Gasteiger charge is 2.00. The maximum atomic E-state index is 10.6. The maximum Gasteiger partial charge on any atom is 0.246 e. The molecule has 0 unspecified atom stereocenters. The molecule has 0 aliphatic heterocycles. The molecule has 0 atom stereocenters. The molecule has 0 aliphatic rings. The summed E-state index contributed by atoms with van der Waals surface area (Å²) in [7, 11) is 0. The van der Waals surface area contributed by atoms with Crippen LogP contribution in [0.4, 0.5) is 0 Å². The van der Waals surface area contributed by atoms with Crippen LogP contribution in [0.15, 0.2) is 15.9 Å². The minimum atomic E-state index is -0.452. The van der Waals surface area contributed by atoms with Crippen molar-refractivity contribution in [3.05, 3.63) is 20.8 Å². The number of hydrogen-bond donors (Lipinski definition) is 2. The Hall–Kier alpha value is -0.390. The summed E-state index contributed by atoms with van der Waals surface area (Å²) in [5.74, 6) is -0.348. The van der Waals surface area contributed by atoms with Gasteiger partial charge in [-0.2, -0.15) is 0 Å². The molecular formula is C7H8BrNO2S. The van der Waals surface area contributed by atoms with Crippen LogP contribution in [-0.4, -0.2) is 17.6 Å². The fraction of sp³-hybridized carbons (Fsp3) is 0.286. The summed E-state index contributed by atoms with van der Waals surface area (Å²) >= 11 is 4.87. The first-order valence-corrected chi connectivity index (χ1v) is 4.95.